The van der Waals surface area contributed by atoms with Crippen molar-refractivity contribution in [1.82, 2.24) is 15.0 Å². The predicted octanol–water partition coefficient (Wildman–Crippen LogP) is 2.62. The number of hydrogen-bond donors (Lipinski definition) is 1. The van der Waals surface area contributed by atoms with Crippen molar-refractivity contribution in [3.05, 3.63) is 40.0 Å². The highest BCUT2D eigenvalue weighted by atomic mass is 79.9. The molecule has 4 nitrogen and oxygen atoms in total. The Labute approximate surface area is 109 Å². The molecule has 1 heterocycles. The fourth-order valence-electron chi connectivity index (χ4n) is 1.78. The third kappa shape index (κ3) is 2.85. The molecule has 0 aliphatic carbocycles. The maximum Gasteiger partial charge on any atom is 0.169 e. The zero-order valence-corrected chi connectivity index (χ0v) is 11.3. The molecule has 0 radical (unpaired) electrons. The maximum atomic E-state index is 5.81. The first kappa shape index (κ1) is 12.1. The van der Waals surface area contributed by atoms with E-state index in [9.17, 15) is 0 Å². The van der Waals surface area contributed by atoms with Crippen molar-refractivity contribution < 1.29 is 0 Å². The largest absolute Gasteiger partial charge is 0.381 e. The average Bonchev–Trinajstić information content (AvgIpc) is 2.62. The number of nitrogens with two attached hydrogens (primary N) is 1. The fourth-order valence-corrected chi connectivity index (χ4v) is 2.22. The van der Waals surface area contributed by atoms with Gasteiger partial charge in [-0.25, -0.2) is 4.68 Å². The van der Waals surface area contributed by atoms with Gasteiger partial charge < -0.3 is 5.73 Å². The molecular weight excluding hydrogens is 280 g/mol. The maximum absolute atomic E-state index is 5.81. The minimum Gasteiger partial charge on any atom is -0.381 e. The molecule has 2 N–H and O–H groups in total. The van der Waals surface area contributed by atoms with E-state index < -0.39 is 0 Å². The standard InChI is InChI=1S/C12H15BrN4/c1-2-4-11-12(14)15-16-17(11)8-9-5-3-6-10(13)7-9/h3,5-7H,2,4,8,14H2,1H3. The van der Waals surface area contributed by atoms with Crippen LogP contribution in [0.2, 0.25) is 0 Å². The monoisotopic (exact) mass is 294 g/mol. The summed E-state index contributed by atoms with van der Waals surface area (Å²) in [6, 6.07) is 8.16. The van der Waals surface area contributed by atoms with Crippen LogP contribution in [0.25, 0.3) is 0 Å². The Morgan fingerprint density at radius 1 is 1.41 bits per heavy atom. The van der Waals surface area contributed by atoms with E-state index in [0.29, 0.717) is 12.4 Å². The van der Waals surface area contributed by atoms with Crippen molar-refractivity contribution in [2.75, 3.05) is 5.73 Å². The third-order valence-electron chi connectivity index (χ3n) is 2.58. The molecule has 0 saturated heterocycles. The highest BCUT2D eigenvalue weighted by Gasteiger charge is 2.09. The lowest BCUT2D eigenvalue weighted by atomic mass is 10.2. The van der Waals surface area contributed by atoms with E-state index in [1.807, 2.05) is 16.8 Å². The van der Waals surface area contributed by atoms with E-state index >= 15 is 0 Å². The second-order valence-corrected chi connectivity index (χ2v) is 4.87. The van der Waals surface area contributed by atoms with Crippen molar-refractivity contribution in [2.24, 2.45) is 0 Å². The van der Waals surface area contributed by atoms with Gasteiger partial charge in [0.05, 0.1) is 12.2 Å². The summed E-state index contributed by atoms with van der Waals surface area (Å²) in [5, 5.41) is 8.02. The molecule has 0 spiro atoms. The van der Waals surface area contributed by atoms with Crippen LogP contribution in [0.15, 0.2) is 28.7 Å². The summed E-state index contributed by atoms with van der Waals surface area (Å²) in [4.78, 5) is 0. The molecule has 17 heavy (non-hydrogen) atoms. The minimum absolute atomic E-state index is 0.543. The Kier molecular flexibility index (Phi) is 3.78. The lowest BCUT2D eigenvalue weighted by molar-refractivity contribution is 0.613. The molecule has 1 aromatic carbocycles. The van der Waals surface area contributed by atoms with Crippen LogP contribution in [0.3, 0.4) is 0 Å². The molecule has 0 unspecified atom stereocenters. The number of hydrogen-bond acceptors (Lipinski definition) is 3. The highest BCUT2D eigenvalue weighted by Crippen LogP contribution is 2.15. The number of nitrogens with zero attached hydrogens (tertiary/aromatic N) is 3. The second-order valence-electron chi connectivity index (χ2n) is 3.96. The van der Waals surface area contributed by atoms with Crippen LogP contribution in [0.5, 0.6) is 0 Å². The van der Waals surface area contributed by atoms with E-state index in [2.05, 4.69) is 45.3 Å². The van der Waals surface area contributed by atoms with Crippen molar-refractivity contribution in [3.8, 4) is 0 Å². The Balaban J connectivity index is 2.24. The van der Waals surface area contributed by atoms with Crippen molar-refractivity contribution in [2.45, 2.75) is 26.3 Å². The summed E-state index contributed by atoms with van der Waals surface area (Å²) in [6.45, 7) is 2.83. The SMILES string of the molecule is CCCc1c(N)nnn1Cc1cccc(Br)c1. The third-order valence-corrected chi connectivity index (χ3v) is 3.07. The van der Waals surface area contributed by atoms with E-state index in [0.717, 1.165) is 23.0 Å². The molecule has 2 aromatic rings. The van der Waals surface area contributed by atoms with Crippen LogP contribution in [0.1, 0.15) is 24.6 Å². The molecule has 5 heteroatoms. The first-order valence-electron chi connectivity index (χ1n) is 5.63. The van der Waals surface area contributed by atoms with Crippen LogP contribution < -0.4 is 5.73 Å². The van der Waals surface area contributed by atoms with Crippen LogP contribution >= 0.6 is 15.9 Å². The van der Waals surface area contributed by atoms with Crippen LogP contribution in [0, 0.1) is 0 Å². The second kappa shape index (κ2) is 5.31. The van der Waals surface area contributed by atoms with Gasteiger partial charge in [-0.15, -0.1) is 5.10 Å². The van der Waals surface area contributed by atoms with Gasteiger partial charge in [0.2, 0.25) is 0 Å². The van der Waals surface area contributed by atoms with Gasteiger partial charge in [-0.3, -0.25) is 0 Å². The molecule has 0 aliphatic rings. The quantitative estimate of drug-likeness (QED) is 0.943. The summed E-state index contributed by atoms with van der Waals surface area (Å²) >= 11 is 3.46. The van der Waals surface area contributed by atoms with E-state index in [4.69, 9.17) is 5.73 Å². The molecule has 0 fully saturated rings. The van der Waals surface area contributed by atoms with Gasteiger partial charge in [0.1, 0.15) is 0 Å². The summed E-state index contributed by atoms with van der Waals surface area (Å²) in [5.41, 5.74) is 8.01. The zero-order valence-electron chi connectivity index (χ0n) is 9.73. The molecular formula is C12H15BrN4. The van der Waals surface area contributed by atoms with E-state index in [1.165, 1.54) is 5.56 Å². The first-order chi connectivity index (χ1) is 8.20. The number of benzene rings is 1. The molecule has 0 amide bonds. The summed E-state index contributed by atoms with van der Waals surface area (Å²) < 4.78 is 2.95. The van der Waals surface area contributed by atoms with Crippen molar-refractivity contribution >= 4 is 21.7 Å². The molecule has 0 saturated carbocycles. The van der Waals surface area contributed by atoms with Gasteiger partial charge in [0.25, 0.3) is 0 Å². The zero-order chi connectivity index (χ0) is 12.3. The minimum atomic E-state index is 0.543. The van der Waals surface area contributed by atoms with Crippen molar-refractivity contribution in [3.63, 3.8) is 0 Å². The first-order valence-corrected chi connectivity index (χ1v) is 6.42. The molecule has 1 aromatic heterocycles. The van der Waals surface area contributed by atoms with Crippen LogP contribution in [-0.4, -0.2) is 15.0 Å². The smallest absolute Gasteiger partial charge is 0.169 e. The van der Waals surface area contributed by atoms with Gasteiger partial charge in [-0.1, -0.05) is 46.6 Å². The highest BCUT2D eigenvalue weighted by molar-refractivity contribution is 9.10. The van der Waals surface area contributed by atoms with Crippen LogP contribution in [-0.2, 0) is 13.0 Å². The average molecular weight is 295 g/mol. The lowest BCUT2D eigenvalue weighted by Crippen LogP contribution is -2.07. The normalized spacial score (nSPS) is 10.7. The summed E-state index contributed by atoms with van der Waals surface area (Å²) in [7, 11) is 0. The van der Waals surface area contributed by atoms with E-state index in [-0.39, 0.29) is 0 Å². The topological polar surface area (TPSA) is 56.7 Å². The predicted molar refractivity (Wildman–Crippen MR) is 71.7 cm³/mol. The Hall–Kier alpha value is -1.36. The fraction of sp³-hybridized carbons (Fsp3) is 0.333. The Morgan fingerprint density at radius 2 is 2.24 bits per heavy atom. The number of nitrogen functional groups attached to an aromatic ring is 1. The summed E-state index contributed by atoms with van der Waals surface area (Å²) in [6.07, 6.45) is 1.95. The van der Waals surface area contributed by atoms with Crippen LogP contribution in [0.4, 0.5) is 5.82 Å². The van der Waals surface area contributed by atoms with Crippen molar-refractivity contribution in [1.29, 1.82) is 0 Å². The van der Waals surface area contributed by atoms with Gasteiger partial charge in [0, 0.05) is 4.47 Å². The summed E-state index contributed by atoms with van der Waals surface area (Å²) in [5.74, 6) is 0.543. The molecule has 90 valence electrons. The molecule has 2 rings (SSSR count). The molecule has 0 aliphatic heterocycles. The number of aromatic nitrogens is 3. The number of rotatable bonds is 4. The van der Waals surface area contributed by atoms with Gasteiger partial charge in [-0.2, -0.15) is 0 Å². The molecule has 0 bridgehead atoms. The Morgan fingerprint density at radius 3 is 2.94 bits per heavy atom. The van der Waals surface area contributed by atoms with E-state index in [1.54, 1.807) is 0 Å². The van der Waals surface area contributed by atoms with Gasteiger partial charge in [0.15, 0.2) is 5.82 Å². The number of halogens is 1. The lowest BCUT2D eigenvalue weighted by Gasteiger charge is -2.06. The number of anilines is 1. The van der Waals surface area contributed by atoms with Gasteiger partial charge in [-0.05, 0) is 24.1 Å². The Bertz CT molecular complexity index is 507. The van der Waals surface area contributed by atoms with Gasteiger partial charge >= 0.3 is 0 Å². The molecule has 0 atom stereocenters.